The molecule has 0 bridgehead atoms. The quantitative estimate of drug-likeness (QED) is 0.711. The van der Waals surface area contributed by atoms with Gasteiger partial charge in [0, 0.05) is 57.0 Å². The largest absolute Gasteiger partial charge is 0.351 e. The highest BCUT2D eigenvalue weighted by Crippen LogP contribution is 2.18. The van der Waals surface area contributed by atoms with Crippen molar-refractivity contribution in [1.29, 1.82) is 0 Å². The lowest BCUT2D eigenvalue weighted by molar-refractivity contribution is 0.0650. The van der Waals surface area contributed by atoms with E-state index in [-0.39, 0.29) is 5.91 Å². The van der Waals surface area contributed by atoms with E-state index in [4.69, 9.17) is 0 Å². The van der Waals surface area contributed by atoms with Crippen LogP contribution in [0.4, 0.5) is 0 Å². The molecule has 2 heterocycles. The van der Waals surface area contributed by atoms with Crippen molar-refractivity contribution >= 4 is 22.9 Å². The Morgan fingerprint density at radius 2 is 1.78 bits per heavy atom. The molecule has 2 aromatic carbocycles. The zero-order valence-corrected chi connectivity index (χ0v) is 15.7. The molecule has 4 heteroatoms. The predicted molar refractivity (Wildman–Crippen MR) is 111 cm³/mol. The average Bonchev–Trinajstić information content (AvgIpc) is 3.09. The first kappa shape index (κ1) is 17.6. The average molecular weight is 359 g/mol. The summed E-state index contributed by atoms with van der Waals surface area (Å²) in [7, 11) is 2.01. The highest BCUT2D eigenvalue weighted by atomic mass is 16.2. The summed E-state index contributed by atoms with van der Waals surface area (Å²) in [5, 5.41) is 1.17. The van der Waals surface area contributed by atoms with E-state index in [1.165, 1.54) is 10.9 Å². The van der Waals surface area contributed by atoms with Crippen LogP contribution in [-0.2, 0) is 7.05 Å². The maximum Gasteiger partial charge on any atom is 0.254 e. The molecule has 0 radical (unpaired) electrons. The van der Waals surface area contributed by atoms with Crippen molar-refractivity contribution in [2.24, 2.45) is 7.05 Å². The molecule has 4 nitrogen and oxygen atoms in total. The number of carbonyl (C=O) groups is 1. The van der Waals surface area contributed by atoms with E-state index >= 15 is 0 Å². The summed E-state index contributed by atoms with van der Waals surface area (Å²) in [6, 6.07) is 18.4. The summed E-state index contributed by atoms with van der Waals surface area (Å²) in [6.45, 7) is 4.31. The molecule has 0 aliphatic carbocycles. The number of amides is 1. The fraction of sp³-hybridized carbons (Fsp3) is 0.261. The van der Waals surface area contributed by atoms with Crippen LogP contribution in [0.15, 0.2) is 66.9 Å². The predicted octanol–water partition coefficient (Wildman–Crippen LogP) is 3.65. The van der Waals surface area contributed by atoms with E-state index in [1.54, 1.807) is 0 Å². The third-order valence-corrected chi connectivity index (χ3v) is 5.27. The smallest absolute Gasteiger partial charge is 0.254 e. The number of benzene rings is 2. The molecule has 27 heavy (non-hydrogen) atoms. The van der Waals surface area contributed by atoms with Gasteiger partial charge in [-0.1, -0.05) is 48.6 Å². The summed E-state index contributed by atoms with van der Waals surface area (Å²) in [4.78, 5) is 17.2. The second-order valence-electron chi connectivity index (χ2n) is 7.11. The van der Waals surface area contributed by atoms with Gasteiger partial charge < -0.3 is 9.47 Å². The molecule has 4 rings (SSSR count). The first-order chi connectivity index (χ1) is 13.2. The van der Waals surface area contributed by atoms with Crippen LogP contribution in [-0.4, -0.2) is 53.0 Å². The number of aromatic nitrogens is 1. The van der Waals surface area contributed by atoms with Crippen LogP contribution in [0.5, 0.6) is 0 Å². The van der Waals surface area contributed by atoms with Gasteiger partial charge in [-0.2, -0.15) is 0 Å². The van der Waals surface area contributed by atoms with Gasteiger partial charge in [-0.25, -0.2) is 0 Å². The fourth-order valence-electron chi connectivity index (χ4n) is 3.61. The molecule has 0 spiro atoms. The van der Waals surface area contributed by atoms with E-state index in [1.807, 2.05) is 42.4 Å². The standard InChI is InChI=1S/C23H25N3O/c1-24-13-11-20-9-10-21(18-22(20)24)23(27)26-16-14-25(15-17-26)12-5-8-19-6-3-2-4-7-19/h2-11,13,18H,12,14-17H2,1H3/b8-5+. The molecule has 0 N–H and O–H groups in total. The van der Waals surface area contributed by atoms with Crippen molar-refractivity contribution < 1.29 is 4.79 Å². The summed E-state index contributed by atoms with van der Waals surface area (Å²) < 4.78 is 2.06. The minimum atomic E-state index is 0.137. The fourth-order valence-corrected chi connectivity index (χ4v) is 3.61. The van der Waals surface area contributed by atoms with Crippen molar-refractivity contribution in [3.63, 3.8) is 0 Å². The van der Waals surface area contributed by atoms with E-state index in [0.29, 0.717) is 0 Å². The molecule has 1 aliphatic heterocycles. The van der Waals surface area contributed by atoms with Gasteiger partial charge in [0.1, 0.15) is 0 Å². The first-order valence-corrected chi connectivity index (χ1v) is 9.49. The normalized spacial score (nSPS) is 15.7. The Kier molecular flexibility index (Phi) is 5.07. The molecule has 1 saturated heterocycles. The van der Waals surface area contributed by atoms with Crippen molar-refractivity contribution in [1.82, 2.24) is 14.4 Å². The van der Waals surface area contributed by atoms with Crippen LogP contribution < -0.4 is 0 Å². The number of piperazine rings is 1. The molecule has 1 amide bonds. The van der Waals surface area contributed by atoms with Crippen molar-refractivity contribution in [3.05, 3.63) is 78.0 Å². The summed E-state index contributed by atoms with van der Waals surface area (Å²) in [5.74, 6) is 0.137. The Bertz CT molecular complexity index is 950. The van der Waals surface area contributed by atoms with Gasteiger partial charge in [0.2, 0.25) is 0 Å². The molecule has 0 saturated carbocycles. The molecular weight excluding hydrogens is 334 g/mol. The summed E-state index contributed by atoms with van der Waals surface area (Å²) >= 11 is 0. The molecule has 1 aromatic heterocycles. The number of rotatable bonds is 4. The first-order valence-electron chi connectivity index (χ1n) is 9.49. The minimum absolute atomic E-state index is 0.137. The van der Waals surface area contributed by atoms with Gasteiger partial charge in [0.05, 0.1) is 0 Å². The van der Waals surface area contributed by atoms with E-state index in [0.717, 1.165) is 43.8 Å². The Balaban J connectivity index is 1.33. The summed E-state index contributed by atoms with van der Waals surface area (Å²) in [5.41, 5.74) is 3.11. The lowest BCUT2D eigenvalue weighted by atomic mass is 10.1. The van der Waals surface area contributed by atoms with Crippen LogP contribution in [0.2, 0.25) is 0 Å². The molecule has 1 aliphatic rings. The monoisotopic (exact) mass is 359 g/mol. The third kappa shape index (κ3) is 3.96. The molecule has 138 valence electrons. The molecule has 0 atom stereocenters. The maximum absolute atomic E-state index is 12.9. The Hall–Kier alpha value is -2.85. The van der Waals surface area contributed by atoms with Gasteiger partial charge in [-0.05, 0) is 29.1 Å². The zero-order chi connectivity index (χ0) is 18.6. The van der Waals surface area contributed by atoms with E-state index in [2.05, 4.69) is 52.0 Å². The SMILES string of the molecule is Cn1ccc2ccc(C(=O)N3CCN(C/C=C/c4ccccc4)CC3)cc21. The number of hydrogen-bond donors (Lipinski definition) is 0. The lowest BCUT2D eigenvalue weighted by Crippen LogP contribution is -2.48. The summed E-state index contributed by atoms with van der Waals surface area (Å²) in [6.07, 6.45) is 6.39. The number of aryl methyl sites for hydroxylation is 1. The van der Waals surface area contributed by atoms with Gasteiger partial charge in [-0.15, -0.1) is 0 Å². The Morgan fingerprint density at radius 3 is 2.56 bits per heavy atom. The topological polar surface area (TPSA) is 28.5 Å². The molecular formula is C23H25N3O. The van der Waals surface area contributed by atoms with Crippen molar-refractivity contribution in [2.75, 3.05) is 32.7 Å². The van der Waals surface area contributed by atoms with E-state index < -0.39 is 0 Å². The van der Waals surface area contributed by atoms with Gasteiger partial charge in [0.15, 0.2) is 0 Å². The van der Waals surface area contributed by atoms with Crippen LogP contribution in [0, 0.1) is 0 Å². The van der Waals surface area contributed by atoms with Crippen LogP contribution in [0.3, 0.4) is 0 Å². The highest BCUT2D eigenvalue weighted by Gasteiger charge is 2.21. The minimum Gasteiger partial charge on any atom is -0.351 e. The second-order valence-corrected chi connectivity index (χ2v) is 7.11. The molecule has 3 aromatic rings. The van der Waals surface area contributed by atoms with Crippen molar-refractivity contribution in [2.45, 2.75) is 0 Å². The number of nitrogens with zero attached hydrogens (tertiary/aromatic N) is 3. The Labute approximate surface area is 160 Å². The highest BCUT2D eigenvalue weighted by molar-refractivity contribution is 5.98. The molecule has 1 fully saturated rings. The van der Waals surface area contributed by atoms with Crippen molar-refractivity contribution in [3.8, 4) is 0 Å². The maximum atomic E-state index is 12.9. The van der Waals surface area contributed by atoms with Gasteiger partial charge >= 0.3 is 0 Å². The Morgan fingerprint density at radius 1 is 1.00 bits per heavy atom. The number of hydrogen-bond acceptors (Lipinski definition) is 2. The third-order valence-electron chi connectivity index (χ3n) is 5.27. The van der Waals surface area contributed by atoms with Crippen LogP contribution in [0.1, 0.15) is 15.9 Å². The number of fused-ring (bicyclic) bond motifs is 1. The zero-order valence-electron chi connectivity index (χ0n) is 15.7. The van der Waals surface area contributed by atoms with Gasteiger partial charge in [-0.3, -0.25) is 9.69 Å². The van der Waals surface area contributed by atoms with E-state index in [9.17, 15) is 4.79 Å². The lowest BCUT2D eigenvalue weighted by Gasteiger charge is -2.34. The second kappa shape index (κ2) is 7.80. The van der Waals surface area contributed by atoms with Gasteiger partial charge in [0.25, 0.3) is 5.91 Å². The van der Waals surface area contributed by atoms with Crippen LogP contribution >= 0.6 is 0 Å². The van der Waals surface area contributed by atoms with Crippen LogP contribution in [0.25, 0.3) is 17.0 Å². The molecule has 0 unspecified atom stereocenters. The number of carbonyl (C=O) groups excluding carboxylic acids is 1.